The molecule has 27 nitrogen and oxygen atoms in total. The summed E-state index contributed by atoms with van der Waals surface area (Å²) in [7, 11) is -3.12. The van der Waals surface area contributed by atoms with Crippen molar-refractivity contribution in [3.05, 3.63) is 24.3 Å². The van der Waals surface area contributed by atoms with Crippen molar-refractivity contribution in [3.8, 4) is 0 Å². The molecule has 3 aliphatic heterocycles. The molecule has 0 aliphatic carbocycles. The van der Waals surface area contributed by atoms with Gasteiger partial charge in [0.05, 0.1) is 39.1 Å². The van der Waals surface area contributed by atoms with E-state index in [0.29, 0.717) is 25.7 Å². The van der Waals surface area contributed by atoms with E-state index in [9.17, 15) is 69.7 Å². The van der Waals surface area contributed by atoms with Crippen molar-refractivity contribution in [1.82, 2.24) is 10.6 Å². The van der Waals surface area contributed by atoms with Crippen LogP contribution in [0.4, 0.5) is 0 Å². The Morgan fingerprint density at radius 3 is 1.61 bits per heavy atom. The maximum atomic E-state index is 13.4. The first-order chi connectivity index (χ1) is 43.3. The minimum absolute atomic E-state index is 0.0514. The van der Waals surface area contributed by atoms with Gasteiger partial charge in [0.25, 0.3) is 0 Å². The molecule has 28 heteroatoms. The third-order valence-electron chi connectivity index (χ3n) is 15.7. The van der Waals surface area contributed by atoms with Crippen LogP contribution in [-0.2, 0) is 75.2 Å². The number of phosphoric ester groups is 1. The van der Waals surface area contributed by atoms with E-state index < -0.39 is 138 Å². The van der Waals surface area contributed by atoms with E-state index in [1.807, 2.05) is 13.0 Å². The minimum Gasteiger partial charge on any atom is -0.462 e. The lowest BCUT2D eigenvalue weighted by molar-refractivity contribution is -0.390. The number of hydrogen-bond donors (Lipinski definition) is 11. The Morgan fingerprint density at radius 2 is 1.02 bits per heavy atom. The van der Waals surface area contributed by atoms with Gasteiger partial charge in [0.2, 0.25) is 11.8 Å². The van der Waals surface area contributed by atoms with E-state index in [1.54, 1.807) is 0 Å². The summed E-state index contributed by atoms with van der Waals surface area (Å²) in [5.41, 5.74) is 0. The number of carbonyl (C=O) groups is 4. The van der Waals surface area contributed by atoms with Crippen molar-refractivity contribution in [3.63, 3.8) is 0 Å². The Morgan fingerprint density at radius 1 is 0.522 bits per heavy atom. The van der Waals surface area contributed by atoms with E-state index in [1.165, 1.54) is 45.4 Å². The average Bonchev–Trinajstić information content (AvgIpc) is 0.870. The molecule has 0 spiro atoms. The second kappa shape index (κ2) is 47.7. The van der Waals surface area contributed by atoms with Gasteiger partial charge in [-0.1, -0.05) is 102 Å². The van der Waals surface area contributed by atoms with Crippen LogP contribution < -0.4 is 10.6 Å². The quantitative estimate of drug-likeness (QED) is 0.0175. The largest absolute Gasteiger partial charge is 0.474 e. The first kappa shape index (κ1) is 81.1. The van der Waals surface area contributed by atoms with Crippen molar-refractivity contribution in [2.75, 3.05) is 59.8 Å². The highest BCUT2D eigenvalue weighted by molar-refractivity contribution is 7.48. The van der Waals surface area contributed by atoms with Crippen LogP contribution in [0.25, 0.3) is 0 Å². The van der Waals surface area contributed by atoms with Crippen LogP contribution in [0.2, 0.25) is 0 Å². The summed E-state index contributed by atoms with van der Waals surface area (Å²) < 4.78 is 75.3. The monoisotopic (exact) mass is 1310 g/mol. The summed E-state index contributed by atoms with van der Waals surface area (Å²) in [4.78, 5) is 51.0. The molecule has 2 amide bonds. The Labute approximate surface area is 531 Å². The molecule has 0 aromatic rings. The van der Waals surface area contributed by atoms with Gasteiger partial charge >= 0.3 is 19.8 Å². The van der Waals surface area contributed by atoms with Crippen LogP contribution in [-0.4, -0.2) is 228 Å². The maximum Gasteiger partial charge on any atom is 0.474 e. The summed E-state index contributed by atoms with van der Waals surface area (Å²) in [6.07, 6.45) is 4.42. The molecule has 0 saturated carbocycles. The number of ether oxygens (including phenoxy) is 8. The fourth-order valence-electron chi connectivity index (χ4n) is 10.2. The number of rotatable bonds is 50. The second-order valence-electron chi connectivity index (χ2n) is 23.2. The van der Waals surface area contributed by atoms with Crippen LogP contribution in [0.3, 0.4) is 0 Å². The first-order valence-electron chi connectivity index (χ1n) is 32.8. The van der Waals surface area contributed by atoms with Gasteiger partial charge in [0, 0.05) is 45.9 Å². The molecule has 3 saturated heterocycles. The standard InChI is InChI=1S/C62H111N2O25P/c1-5-7-9-11-13-15-16-17-18-19-20-21-23-25-27-34-50(70)85-44(41-81-49(69)33-26-24-22-14-12-10-8-6-2)42-83-90(78,79-4)82-38-36-64-48(68)32-29-28-31-47(67)63-35-30-37-80-62-59(89-60-56(76)54(74)51(71)43(3)84-60)58(53(73)46(40-66)87-62)88-61-57(77)55(75)52(72)45(39-65)86-61/h6,8,17-18,43-46,51-62,65-66,71-77H,5,7,9-16,19-42H2,1-4H3,(H,63,67)(H,64,68)/b8-6-,18-17-/t43?,44-,45?,46?,51-,52+,53+,54+,55+,56?,57?,58+,59?,60+,61-,62-,90?/m1/s1. The Kier molecular flexibility index (Phi) is 43.0. The molecule has 3 aliphatic rings. The Bertz CT molecular complexity index is 2040. The predicted octanol–water partition coefficient (Wildman–Crippen LogP) is 4.25. The van der Waals surface area contributed by atoms with E-state index in [4.69, 9.17) is 51.5 Å². The highest BCUT2D eigenvalue weighted by Crippen LogP contribution is 2.48. The van der Waals surface area contributed by atoms with Gasteiger partial charge in [-0.3, -0.25) is 32.7 Å². The Hall–Kier alpha value is -3.13. The molecular formula is C62H111N2O25P. The highest BCUT2D eigenvalue weighted by Gasteiger charge is 2.54. The van der Waals surface area contributed by atoms with E-state index in [0.717, 1.165) is 77.7 Å². The molecule has 0 bridgehead atoms. The van der Waals surface area contributed by atoms with Crippen LogP contribution in [0.5, 0.6) is 0 Å². The average molecular weight is 1320 g/mol. The molecule has 524 valence electrons. The van der Waals surface area contributed by atoms with Gasteiger partial charge in [-0.05, 0) is 84.5 Å². The van der Waals surface area contributed by atoms with Gasteiger partial charge in [0.1, 0.15) is 73.8 Å². The number of aliphatic hydroxyl groups excluding tert-OH is 9. The van der Waals surface area contributed by atoms with Crippen LogP contribution in [0.1, 0.15) is 188 Å². The number of nitrogens with one attached hydrogen (secondary N) is 2. The number of hydrogen-bond acceptors (Lipinski definition) is 25. The molecule has 17 atom stereocenters. The normalized spacial score (nSPS) is 28.2. The summed E-state index contributed by atoms with van der Waals surface area (Å²) in [6.45, 7) is 2.82. The summed E-state index contributed by atoms with van der Waals surface area (Å²) in [6, 6.07) is 0. The molecule has 90 heavy (non-hydrogen) atoms. The molecule has 0 radical (unpaired) electrons. The molecular weight excluding hydrogens is 1200 g/mol. The molecule has 3 rings (SSSR count). The molecule has 3 heterocycles. The lowest BCUT2D eigenvalue weighted by Gasteiger charge is -2.48. The number of carbonyl (C=O) groups excluding carboxylic acids is 4. The fourth-order valence-corrected chi connectivity index (χ4v) is 11.1. The van der Waals surface area contributed by atoms with E-state index in [-0.39, 0.29) is 76.8 Å². The van der Waals surface area contributed by atoms with Crippen LogP contribution >= 0.6 is 7.82 Å². The number of esters is 2. The van der Waals surface area contributed by atoms with Crippen molar-refractivity contribution < 1.29 is 121 Å². The zero-order valence-corrected chi connectivity index (χ0v) is 54.5. The van der Waals surface area contributed by atoms with E-state index in [2.05, 4.69) is 35.8 Å². The highest BCUT2D eigenvalue weighted by atomic mass is 31.2. The van der Waals surface area contributed by atoms with E-state index >= 15 is 0 Å². The topological polar surface area (TPSA) is 393 Å². The van der Waals surface area contributed by atoms with Gasteiger partial charge < -0.3 is 94.5 Å². The molecule has 7 unspecified atom stereocenters. The van der Waals surface area contributed by atoms with Gasteiger partial charge in [-0.15, -0.1) is 0 Å². The van der Waals surface area contributed by atoms with Crippen molar-refractivity contribution in [1.29, 1.82) is 0 Å². The zero-order valence-electron chi connectivity index (χ0n) is 53.6. The number of phosphoric acid groups is 1. The third kappa shape index (κ3) is 31.9. The lowest BCUT2D eigenvalue weighted by Crippen LogP contribution is -2.67. The SMILES string of the molecule is C/C=C\CCCCCCCC(=O)OC[C@H](COP(=O)(OC)OCCNC(=O)CCCCC(=O)NCCCO[C@@H]1OC(CO)[C@H](O)[C@H](O[C@H]2OC(CO)[C@H](O)[C@H](O)C2O)C1O[C@@H]1OC(C)[C@@H](O)[C@H](O)C1O)OC(=O)CCCCCCC/C=C\CCCCCCCC. The summed E-state index contributed by atoms with van der Waals surface area (Å²) in [5, 5.41) is 99.6. The first-order valence-corrected chi connectivity index (χ1v) is 34.3. The minimum atomic E-state index is -4.23. The molecule has 3 fully saturated rings. The number of allylic oxidation sites excluding steroid dienone is 4. The second-order valence-corrected chi connectivity index (χ2v) is 25.0. The van der Waals surface area contributed by atoms with Crippen LogP contribution in [0.15, 0.2) is 24.3 Å². The number of aliphatic hydroxyl groups is 9. The molecule has 11 N–H and O–H groups in total. The summed E-state index contributed by atoms with van der Waals surface area (Å²) in [5.74, 6) is -1.67. The maximum absolute atomic E-state index is 13.4. The van der Waals surface area contributed by atoms with Gasteiger partial charge in [-0.2, -0.15) is 0 Å². The Balaban J connectivity index is 1.41. The zero-order chi connectivity index (χ0) is 66.1. The van der Waals surface area contributed by atoms with Gasteiger partial charge in [0.15, 0.2) is 25.0 Å². The third-order valence-corrected chi connectivity index (χ3v) is 17.1. The molecule has 0 aromatic heterocycles. The number of unbranched alkanes of at least 4 members (excludes halogenated alkanes) is 17. The van der Waals surface area contributed by atoms with Crippen molar-refractivity contribution in [2.24, 2.45) is 0 Å². The van der Waals surface area contributed by atoms with Crippen molar-refractivity contribution in [2.45, 2.75) is 286 Å². The molecule has 0 aromatic carbocycles. The van der Waals surface area contributed by atoms with Crippen LogP contribution in [0, 0.1) is 0 Å². The van der Waals surface area contributed by atoms with Gasteiger partial charge in [-0.25, -0.2) is 4.57 Å². The number of amides is 2. The summed E-state index contributed by atoms with van der Waals surface area (Å²) >= 11 is 0. The lowest BCUT2D eigenvalue weighted by atomic mass is 9.96. The fraction of sp³-hybridized carbons (Fsp3) is 0.871. The van der Waals surface area contributed by atoms with Crippen molar-refractivity contribution >= 4 is 31.6 Å². The smallest absolute Gasteiger partial charge is 0.462 e. The predicted molar refractivity (Wildman–Crippen MR) is 327 cm³/mol.